The molecule has 1 saturated carbocycles. The van der Waals surface area contributed by atoms with E-state index in [1.54, 1.807) is 17.0 Å². The highest BCUT2D eigenvalue weighted by Gasteiger charge is 2.38. The average Bonchev–Trinajstić information content (AvgIpc) is 3.45. The predicted molar refractivity (Wildman–Crippen MR) is 155 cm³/mol. The Morgan fingerprint density at radius 1 is 1.15 bits per heavy atom. The Balaban J connectivity index is 1.40. The number of hydrogen-bond acceptors (Lipinski definition) is 8. The van der Waals surface area contributed by atoms with Crippen LogP contribution in [0.15, 0.2) is 24.3 Å². The summed E-state index contributed by atoms with van der Waals surface area (Å²) in [4.78, 5) is 29.6. The smallest absolute Gasteiger partial charge is 0.318 e. The predicted octanol–water partition coefficient (Wildman–Crippen LogP) is 4.53. The fourth-order valence-electron chi connectivity index (χ4n) is 6.72. The molecule has 1 amide bonds. The first-order chi connectivity index (χ1) is 19.9. The molecule has 3 aliphatic rings. The molecule has 2 aliphatic heterocycles. The molecule has 1 saturated heterocycles. The molecule has 1 N–H and O–H groups in total. The quantitative estimate of drug-likeness (QED) is 0.448. The van der Waals surface area contributed by atoms with Gasteiger partial charge in [0.05, 0.1) is 31.1 Å². The molecule has 9 nitrogen and oxygen atoms in total. The Hall–Kier alpha value is -3.50. The van der Waals surface area contributed by atoms with Crippen molar-refractivity contribution in [3.8, 4) is 11.8 Å². The fourth-order valence-corrected chi connectivity index (χ4v) is 6.72. The number of anilines is 2. The summed E-state index contributed by atoms with van der Waals surface area (Å²) in [7, 11) is 4.21. The van der Waals surface area contributed by atoms with Crippen LogP contribution >= 0.6 is 0 Å². The number of fused-ring (bicyclic) bond motifs is 2. The highest BCUT2D eigenvalue weighted by Crippen LogP contribution is 2.41. The first-order valence-electron chi connectivity index (χ1n) is 14.6. The lowest BCUT2D eigenvalue weighted by molar-refractivity contribution is 0.0997. The number of carbonyl (C=O) groups is 1. The number of benzene rings is 2. The molecular formula is C31H38FN5O4. The molecule has 3 heterocycles. The first kappa shape index (κ1) is 27.7. The van der Waals surface area contributed by atoms with Crippen LogP contribution in [0, 0.1) is 11.7 Å². The largest absolute Gasteiger partial charge is 0.508 e. The van der Waals surface area contributed by atoms with Gasteiger partial charge in [0.1, 0.15) is 22.9 Å². The van der Waals surface area contributed by atoms with Gasteiger partial charge in [-0.05, 0) is 62.9 Å². The summed E-state index contributed by atoms with van der Waals surface area (Å²) in [6.07, 6.45) is 4.67. The highest BCUT2D eigenvalue weighted by atomic mass is 19.1. The second-order valence-corrected chi connectivity index (χ2v) is 11.5. The number of hydrogen-bond donors (Lipinski definition) is 1. The molecule has 218 valence electrons. The van der Waals surface area contributed by atoms with E-state index in [0.717, 1.165) is 19.3 Å². The lowest BCUT2D eigenvalue weighted by Crippen LogP contribution is -2.34. The number of aromatic hydroxyl groups is 1. The molecule has 41 heavy (non-hydrogen) atoms. The molecule has 2 fully saturated rings. The van der Waals surface area contributed by atoms with Crippen LogP contribution in [0.5, 0.6) is 11.8 Å². The molecule has 0 radical (unpaired) electrons. The lowest BCUT2D eigenvalue weighted by Gasteiger charge is -2.26. The van der Waals surface area contributed by atoms with E-state index in [2.05, 4.69) is 23.9 Å². The van der Waals surface area contributed by atoms with Crippen LogP contribution in [0.25, 0.3) is 10.8 Å². The minimum absolute atomic E-state index is 0.0110. The number of amides is 1. The highest BCUT2D eigenvalue weighted by molar-refractivity contribution is 6.16. The van der Waals surface area contributed by atoms with Crippen molar-refractivity contribution in [3.05, 3.63) is 46.9 Å². The molecule has 6 rings (SSSR count). The van der Waals surface area contributed by atoms with E-state index in [1.165, 1.54) is 18.6 Å². The van der Waals surface area contributed by atoms with Crippen LogP contribution in [-0.2, 0) is 17.7 Å². The maximum absolute atomic E-state index is 14.9. The van der Waals surface area contributed by atoms with Gasteiger partial charge in [-0.1, -0.05) is 19.4 Å². The number of phenols is 1. The van der Waals surface area contributed by atoms with Crippen molar-refractivity contribution in [2.24, 2.45) is 5.92 Å². The van der Waals surface area contributed by atoms with Crippen LogP contribution in [0.2, 0.25) is 0 Å². The third-order valence-corrected chi connectivity index (χ3v) is 8.72. The Labute approximate surface area is 239 Å². The fraction of sp³-hybridized carbons (Fsp3) is 0.516. The number of aryl methyl sites for hydroxylation is 1. The molecular weight excluding hydrogens is 525 g/mol. The molecule has 0 spiro atoms. The van der Waals surface area contributed by atoms with E-state index in [-0.39, 0.29) is 30.0 Å². The Kier molecular flexibility index (Phi) is 7.70. The lowest BCUT2D eigenvalue weighted by atomic mass is 9.99. The molecule has 1 aliphatic carbocycles. The third-order valence-electron chi connectivity index (χ3n) is 8.72. The normalized spacial score (nSPS) is 21.1. The van der Waals surface area contributed by atoms with Crippen molar-refractivity contribution >= 4 is 28.2 Å². The van der Waals surface area contributed by atoms with Crippen LogP contribution in [-0.4, -0.2) is 78.9 Å². The van der Waals surface area contributed by atoms with E-state index in [4.69, 9.17) is 19.4 Å². The summed E-state index contributed by atoms with van der Waals surface area (Å²) in [5, 5.41) is 11.9. The molecule has 1 aromatic heterocycles. The number of aromatic nitrogens is 2. The zero-order chi connectivity index (χ0) is 28.7. The van der Waals surface area contributed by atoms with Gasteiger partial charge in [0.25, 0.3) is 5.91 Å². The summed E-state index contributed by atoms with van der Waals surface area (Å²) < 4.78 is 26.8. The van der Waals surface area contributed by atoms with E-state index >= 15 is 0 Å². The van der Waals surface area contributed by atoms with Gasteiger partial charge in [-0.25, -0.2) is 4.39 Å². The number of carbonyl (C=O) groups excluding carboxylic acids is 1. The third kappa shape index (κ3) is 5.19. The number of nitrogens with zero attached hydrogens (tertiary/aromatic N) is 5. The SMILES string of the molecule is CCc1c(F)ccc2cc(O)cc(N3Cc4nc(OCC5CCCC5N(C)C)nc(N5CCCOCC5)c4C3=O)c12. The van der Waals surface area contributed by atoms with E-state index in [1.807, 2.05) is 6.92 Å². The van der Waals surface area contributed by atoms with Gasteiger partial charge in [0, 0.05) is 43.1 Å². The van der Waals surface area contributed by atoms with Crippen molar-refractivity contribution in [2.45, 2.75) is 51.6 Å². The van der Waals surface area contributed by atoms with Crippen molar-refractivity contribution in [2.75, 3.05) is 56.8 Å². The second kappa shape index (κ2) is 11.4. The number of halogens is 1. The zero-order valence-corrected chi connectivity index (χ0v) is 24.0. The Morgan fingerprint density at radius 3 is 2.80 bits per heavy atom. The van der Waals surface area contributed by atoms with Crippen molar-refractivity contribution in [1.29, 1.82) is 0 Å². The summed E-state index contributed by atoms with van der Waals surface area (Å²) >= 11 is 0. The van der Waals surface area contributed by atoms with E-state index < -0.39 is 0 Å². The number of phenolic OH excluding ortho intramolecular Hbond substituents is 1. The maximum Gasteiger partial charge on any atom is 0.318 e. The van der Waals surface area contributed by atoms with Gasteiger partial charge in [-0.3, -0.25) is 4.79 Å². The molecule has 0 bridgehead atoms. The second-order valence-electron chi connectivity index (χ2n) is 11.5. The Morgan fingerprint density at radius 2 is 2.00 bits per heavy atom. The van der Waals surface area contributed by atoms with Gasteiger partial charge < -0.3 is 29.3 Å². The van der Waals surface area contributed by atoms with Gasteiger partial charge in [0.15, 0.2) is 0 Å². The summed E-state index contributed by atoms with van der Waals surface area (Å²) in [5.74, 6) is 0.339. The zero-order valence-electron chi connectivity index (χ0n) is 24.0. The van der Waals surface area contributed by atoms with Gasteiger partial charge in [-0.15, -0.1) is 0 Å². The molecule has 2 aromatic carbocycles. The minimum Gasteiger partial charge on any atom is -0.508 e. The standard InChI is InChI=1S/C31H38FN5O4/c1-4-22-23(32)10-9-19-15-21(38)16-26(27(19)22)37-17-24-28(30(37)39)29(36-11-6-13-40-14-12-36)34-31(33-24)41-18-20-7-5-8-25(20)35(2)3/h9-10,15-16,20,25,38H,4-8,11-14,17-18H2,1-3H3. The number of ether oxygens (including phenoxy) is 2. The van der Waals surface area contributed by atoms with E-state index in [9.17, 15) is 14.3 Å². The minimum atomic E-state index is -0.334. The summed E-state index contributed by atoms with van der Waals surface area (Å²) in [5.41, 5.74) is 1.97. The maximum atomic E-state index is 14.9. The van der Waals surface area contributed by atoms with Gasteiger partial charge >= 0.3 is 6.01 Å². The average molecular weight is 564 g/mol. The molecule has 3 aromatic rings. The van der Waals surface area contributed by atoms with Crippen molar-refractivity contribution < 1.29 is 23.8 Å². The van der Waals surface area contributed by atoms with E-state index in [0.29, 0.717) is 90.4 Å². The van der Waals surface area contributed by atoms with Crippen LogP contribution in [0.3, 0.4) is 0 Å². The van der Waals surface area contributed by atoms with Crippen LogP contribution in [0.4, 0.5) is 15.9 Å². The number of rotatable bonds is 7. The first-order valence-corrected chi connectivity index (χ1v) is 14.6. The summed E-state index contributed by atoms with van der Waals surface area (Å²) in [6, 6.07) is 6.91. The van der Waals surface area contributed by atoms with Crippen molar-refractivity contribution in [3.63, 3.8) is 0 Å². The topological polar surface area (TPSA) is 91.3 Å². The van der Waals surface area contributed by atoms with Crippen LogP contribution in [0.1, 0.15) is 54.2 Å². The molecule has 10 heteroatoms. The molecule has 2 atom stereocenters. The van der Waals surface area contributed by atoms with Crippen LogP contribution < -0.4 is 14.5 Å². The molecule has 2 unspecified atom stereocenters. The monoisotopic (exact) mass is 563 g/mol. The van der Waals surface area contributed by atoms with Gasteiger partial charge in [0.2, 0.25) is 0 Å². The van der Waals surface area contributed by atoms with Gasteiger partial charge in [-0.2, -0.15) is 9.97 Å². The summed E-state index contributed by atoms with van der Waals surface area (Å²) in [6.45, 7) is 5.06. The van der Waals surface area contributed by atoms with Crippen molar-refractivity contribution in [1.82, 2.24) is 14.9 Å². The Bertz CT molecular complexity index is 1460.